The summed E-state index contributed by atoms with van der Waals surface area (Å²) >= 11 is 6.46. The van der Waals surface area contributed by atoms with Crippen molar-refractivity contribution in [3.8, 4) is 0 Å². The average molecular weight is 305 g/mol. The van der Waals surface area contributed by atoms with E-state index < -0.39 is 5.69 Å². The molecule has 0 radical (unpaired) electrons. The lowest BCUT2D eigenvalue weighted by Crippen LogP contribution is -2.12. The van der Waals surface area contributed by atoms with Crippen molar-refractivity contribution in [2.75, 3.05) is 14.2 Å². The molecular formula is C10H12NO4PS2. The van der Waals surface area contributed by atoms with Gasteiger partial charge in [0.25, 0.3) is 5.56 Å². The Kier molecular flexibility index (Phi) is 4.29. The van der Waals surface area contributed by atoms with Crippen LogP contribution < -0.4 is 5.56 Å². The van der Waals surface area contributed by atoms with Crippen molar-refractivity contribution in [1.82, 2.24) is 4.74 Å². The summed E-state index contributed by atoms with van der Waals surface area (Å²) in [5.74, 6) is 0.270. The molecule has 8 heteroatoms. The molecule has 0 unspecified atom stereocenters. The summed E-state index contributed by atoms with van der Waals surface area (Å²) < 4.78 is 16.9. The van der Waals surface area contributed by atoms with Crippen LogP contribution in [0.3, 0.4) is 0 Å². The highest BCUT2D eigenvalue weighted by atomic mass is 32.9. The van der Waals surface area contributed by atoms with Gasteiger partial charge >= 0.3 is 0 Å². The Balaban J connectivity index is 2.25. The van der Waals surface area contributed by atoms with Gasteiger partial charge in [0.15, 0.2) is 5.58 Å². The van der Waals surface area contributed by atoms with Gasteiger partial charge in [-0.15, -0.1) is 0 Å². The smallest absolute Gasteiger partial charge is 0.291 e. The van der Waals surface area contributed by atoms with E-state index >= 15 is 0 Å². The van der Waals surface area contributed by atoms with E-state index in [2.05, 4.69) is 0 Å². The van der Waals surface area contributed by atoms with E-state index in [0.717, 1.165) is 0 Å². The molecule has 0 aliphatic rings. The Bertz CT molecular complexity index is 643. The first-order chi connectivity index (χ1) is 8.59. The summed E-state index contributed by atoms with van der Waals surface area (Å²) in [6.07, 6.45) is 0. The Morgan fingerprint density at radius 1 is 1.39 bits per heavy atom. The molecule has 0 N–H and O–H groups in total. The normalized spacial score (nSPS) is 12.1. The average Bonchev–Trinajstić information content (AvgIpc) is 2.73. The highest BCUT2D eigenvalue weighted by Gasteiger charge is 2.18. The number of hydrogen-bond donors (Lipinski definition) is 0. The fourth-order valence-corrected chi connectivity index (χ4v) is 3.98. The van der Waals surface area contributed by atoms with Crippen LogP contribution in [0.15, 0.2) is 33.6 Å². The molecule has 0 amide bonds. The van der Waals surface area contributed by atoms with Gasteiger partial charge in [0.2, 0.25) is 5.69 Å². The number of aromatic nitrogens is 1. The second-order valence-corrected chi connectivity index (χ2v) is 9.84. The van der Waals surface area contributed by atoms with Gasteiger partial charge in [0.1, 0.15) is 5.88 Å². The van der Waals surface area contributed by atoms with Crippen LogP contribution in [-0.2, 0) is 26.7 Å². The van der Waals surface area contributed by atoms with Crippen LogP contribution in [0, 0.1) is 0 Å². The van der Waals surface area contributed by atoms with Gasteiger partial charge in [-0.25, -0.2) is 0 Å². The lowest BCUT2D eigenvalue weighted by atomic mass is 10.3. The number of fused-ring (bicyclic) bond motifs is 1. The molecule has 0 spiro atoms. The summed E-state index contributed by atoms with van der Waals surface area (Å²) in [5, 5.41) is 0.557. The van der Waals surface area contributed by atoms with Crippen molar-refractivity contribution in [2.45, 2.75) is 5.88 Å². The van der Waals surface area contributed by atoms with Gasteiger partial charge in [0, 0.05) is 14.2 Å². The monoisotopic (exact) mass is 305 g/mol. The van der Waals surface area contributed by atoms with Crippen molar-refractivity contribution in [2.24, 2.45) is 0 Å². The minimum Gasteiger partial charge on any atom is -0.375 e. The first kappa shape index (κ1) is 13.8. The van der Waals surface area contributed by atoms with Crippen LogP contribution in [0.2, 0.25) is 0 Å². The fraction of sp³-hybridized carbons (Fsp3) is 0.300. The number of benzene rings is 1. The van der Waals surface area contributed by atoms with Crippen molar-refractivity contribution < 1.29 is 13.6 Å². The lowest BCUT2D eigenvalue weighted by Gasteiger charge is -2.15. The third kappa shape index (κ3) is 2.70. The maximum absolute atomic E-state index is 12.0. The van der Waals surface area contributed by atoms with E-state index in [-0.39, 0.29) is 11.4 Å². The molecule has 1 aromatic carbocycles. The van der Waals surface area contributed by atoms with Crippen molar-refractivity contribution >= 4 is 39.9 Å². The molecule has 18 heavy (non-hydrogen) atoms. The molecule has 2 aromatic rings. The Labute approximate surface area is 113 Å². The van der Waals surface area contributed by atoms with Gasteiger partial charge in [-0.05, 0) is 35.3 Å². The minimum absolute atomic E-state index is 0.174. The van der Waals surface area contributed by atoms with Gasteiger partial charge in [-0.2, -0.15) is 4.74 Å². The number of rotatable bonds is 5. The van der Waals surface area contributed by atoms with Crippen LogP contribution in [0.1, 0.15) is 0 Å². The highest BCUT2D eigenvalue weighted by molar-refractivity contribution is 8.67. The zero-order chi connectivity index (χ0) is 13.2. The summed E-state index contributed by atoms with van der Waals surface area (Å²) in [4.78, 5) is 12.0. The topological polar surface area (TPSA) is 53.6 Å². The second kappa shape index (κ2) is 5.59. The molecule has 98 valence electrons. The van der Waals surface area contributed by atoms with E-state index in [1.807, 2.05) is 6.07 Å². The molecule has 5 nitrogen and oxygen atoms in total. The standard InChI is InChI=1S/C10H12NO4PS2/c1-13-16(17,14-2)18-7-11-10(12)8-5-3-4-6-9(8)15-11/h3-6H,7H2,1-2H3. The quantitative estimate of drug-likeness (QED) is 0.792. The maximum Gasteiger partial charge on any atom is 0.291 e. The molecule has 0 bridgehead atoms. The Morgan fingerprint density at radius 2 is 2.06 bits per heavy atom. The minimum atomic E-state index is -2.38. The van der Waals surface area contributed by atoms with Gasteiger partial charge in [0.05, 0.1) is 5.39 Å². The summed E-state index contributed by atoms with van der Waals surface area (Å²) in [6.45, 7) is 0. The SMILES string of the molecule is COP(=S)(OC)SCn1oc2ccccc2c1=O. The lowest BCUT2D eigenvalue weighted by molar-refractivity contribution is 0.318. The number of para-hydroxylation sites is 1. The summed E-state index contributed by atoms with van der Waals surface area (Å²) in [5.41, 5.74) is -1.99. The molecule has 0 aliphatic heterocycles. The Hall–Kier alpha value is -0.590. The molecule has 1 heterocycles. The maximum atomic E-state index is 12.0. The van der Waals surface area contributed by atoms with E-state index in [0.29, 0.717) is 11.0 Å². The predicted octanol–water partition coefficient (Wildman–Crippen LogP) is 2.80. The number of hydrogen-bond acceptors (Lipinski definition) is 6. The van der Waals surface area contributed by atoms with Crippen molar-refractivity contribution in [3.63, 3.8) is 0 Å². The second-order valence-electron chi connectivity index (χ2n) is 3.34. The van der Waals surface area contributed by atoms with Crippen molar-refractivity contribution in [1.29, 1.82) is 0 Å². The van der Waals surface area contributed by atoms with E-state index in [4.69, 9.17) is 25.4 Å². The van der Waals surface area contributed by atoms with Crippen molar-refractivity contribution in [3.05, 3.63) is 34.6 Å². The molecule has 0 saturated carbocycles. The van der Waals surface area contributed by atoms with Crippen LogP contribution >= 0.6 is 17.1 Å². The molecular weight excluding hydrogens is 293 g/mol. The molecule has 0 aliphatic carbocycles. The van der Waals surface area contributed by atoms with Crippen LogP contribution in [-0.4, -0.2) is 19.0 Å². The van der Waals surface area contributed by atoms with Crippen LogP contribution in [0.25, 0.3) is 11.0 Å². The van der Waals surface area contributed by atoms with Gasteiger partial charge < -0.3 is 13.6 Å². The molecule has 0 atom stereocenters. The highest BCUT2D eigenvalue weighted by Crippen LogP contribution is 2.60. The fourth-order valence-electron chi connectivity index (χ4n) is 1.41. The van der Waals surface area contributed by atoms with E-state index in [9.17, 15) is 4.79 Å². The summed E-state index contributed by atoms with van der Waals surface area (Å²) in [6, 6.07) is 7.09. The van der Waals surface area contributed by atoms with Gasteiger partial charge in [-0.3, -0.25) is 4.79 Å². The zero-order valence-electron chi connectivity index (χ0n) is 9.86. The molecule has 0 fully saturated rings. The van der Waals surface area contributed by atoms with E-state index in [1.54, 1.807) is 18.2 Å². The zero-order valence-corrected chi connectivity index (χ0v) is 12.4. The number of nitrogens with zero attached hydrogens (tertiary/aromatic N) is 1. The van der Waals surface area contributed by atoms with Crippen LogP contribution in [0.4, 0.5) is 0 Å². The van der Waals surface area contributed by atoms with Crippen LogP contribution in [0.5, 0.6) is 0 Å². The van der Waals surface area contributed by atoms with Gasteiger partial charge in [-0.1, -0.05) is 12.1 Å². The predicted molar refractivity (Wildman–Crippen MR) is 76.4 cm³/mol. The Morgan fingerprint density at radius 3 is 2.67 bits per heavy atom. The third-order valence-electron chi connectivity index (χ3n) is 2.33. The summed E-state index contributed by atoms with van der Waals surface area (Å²) in [7, 11) is 3.00. The third-order valence-corrected chi connectivity index (χ3v) is 7.93. The van der Waals surface area contributed by atoms with E-state index in [1.165, 1.54) is 30.3 Å². The first-order valence-corrected chi connectivity index (χ1v) is 9.27. The largest absolute Gasteiger partial charge is 0.375 e. The molecule has 0 saturated heterocycles. The first-order valence-electron chi connectivity index (χ1n) is 5.04. The molecule has 2 rings (SSSR count). The molecule has 1 aromatic heterocycles.